The Bertz CT molecular complexity index is 536. The van der Waals surface area contributed by atoms with Crippen molar-refractivity contribution in [3.8, 4) is 0 Å². The Morgan fingerprint density at radius 1 is 1.30 bits per heavy atom. The van der Waals surface area contributed by atoms with E-state index in [1.54, 1.807) is 12.1 Å². The summed E-state index contributed by atoms with van der Waals surface area (Å²) in [4.78, 5) is 0.356. The number of sulfone groups is 1. The first-order valence-electron chi connectivity index (χ1n) is 6.73. The Morgan fingerprint density at radius 2 is 1.95 bits per heavy atom. The molecule has 1 aliphatic rings. The molecule has 1 aromatic carbocycles. The van der Waals surface area contributed by atoms with Crippen LogP contribution in [0.5, 0.6) is 0 Å². The highest BCUT2D eigenvalue weighted by Gasteiger charge is 2.31. The lowest BCUT2D eigenvalue weighted by Gasteiger charge is -2.39. The summed E-state index contributed by atoms with van der Waals surface area (Å²) in [5.41, 5.74) is 1.06. The average Bonchev–Trinajstić information content (AvgIpc) is 2.36. The summed E-state index contributed by atoms with van der Waals surface area (Å²) in [5, 5.41) is 6.48. The number of hydrogen-bond donors (Lipinski definition) is 2. The zero-order chi connectivity index (χ0) is 14.6. The second-order valence-corrected chi connectivity index (χ2v) is 7.51. The fourth-order valence-corrected chi connectivity index (χ4v) is 2.67. The van der Waals surface area contributed by atoms with Gasteiger partial charge in [0.15, 0.2) is 9.84 Å². The number of benzene rings is 1. The molecule has 0 unspecified atom stereocenters. The van der Waals surface area contributed by atoms with E-state index in [1.807, 2.05) is 12.1 Å². The average molecular weight is 298 g/mol. The van der Waals surface area contributed by atoms with Gasteiger partial charge >= 0.3 is 0 Å². The minimum Gasteiger partial charge on any atom is -0.371 e. The molecular weight excluding hydrogens is 276 g/mol. The van der Waals surface area contributed by atoms with Crippen molar-refractivity contribution in [2.45, 2.75) is 24.0 Å². The van der Waals surface area contributed by atoms with Crippen LogP contribution in [0.15, 0.2) is 29.2 Å². The zero-order valence-corrected chi connectivity index (χ0v) is 12.8. The smallest absolute Gasteiger partial charge is 0.175 e. The molecule has 20 heavy (non-hydrogen) atoms. The molecule has 0 spiro atoms. The molecule has 0 aromatic heterocycles. The predicted molar refractivity (Wildman–Crippen MR) is 78.5 cm³/mol. The van der Waals surface area contributed by atoms with E-state index in [0.717, 1.165) is 25.2 Å². The summed E-state index contributed by atoms with van der Waals surface area (Å²) >= 11 is 0. The number of nitrogens with one attached hydrogen (secondary N) is 2. The van der Waals surface area contributed by atoms with E-state index in [2.05, 4.69) is 17.6 Å². The molecule has 1 aliphatic heterocycles. The molecule has 0 aliphatic carbocycles. The molecule has 0 bridgehead atoms. The molecule has 2 N–H and O–H groups in total. The molecule has 0 amide bonds. The first-order chi connectivity index (χ1) is 9.39. The Balaban J connectivity index is 1.69. The van der Waals surface area contributed by atoms with Crippen LogP contribution in [0.3, 0.4) is 0 Å². The van der Waals surface area contributed by atoms with E-state index in [9.17, 15) is 8.42 Å². The van der Waals surface area contributed by atoms with Crippen molar-refractivity contribution in [2.24, 2.45) is 0 Å². The monoisotopic (exact) mass is 298 g/mol. The molecule has 6 heteroatoms. The summed E-state index contributed by atoms with van der Waals surface area (Å²) in [6.45, 7) is 6.11. The Hall–Kier alpha value is -0.950. The van der Waals surface area contributed by atoms with E-state index in [1.165, 1.54) is 6.26 Å². The Kier molecular flexibility index (Phi) is 4.80. The van der Waals surface area contributed by atoms with E-state index in [-0.39, 0.29) is 5.60 Å². The van der Waals surface area contributed by atoms with Crippen LogP contribution in [0.25, 0.3) is 0 Å². The third kappa shape index (κ3) is 4.28. The van der Waals surface area contributed by atoms with Crippen LogP contribution in [0.2, 0.25) is 0 Å². The first kappa shape index (κ1) is 15.4. The van der Waals surface area contributed by atoms with Gasteiger partial charge in [0.1, 0.15) is 0 Å². The van der Waals surface area contributed by atoms with Crippen LogP contribution in [0.1, 0.15) is 12.5 Å². The van der Waals surface area contributed by atoms with Crippen molar-refractivity contribution >= 4 is 9.84 Å². The summed E-state index contributed by atoms with van der Waals surface area (Å²) in [6.07, 6.45) is 1.22. The lowest BCUT2D eigenvalue weighted by molar-refractivity contribution is -0.0648. The minimum absolute atomic E-state index is 0.00118. The molecule has 1 fully saturated rings. The number of ether oxygens (including phenoxy) is 1. The third-order valence-corrected chi connectivity index (χ3v) is 4.54. The summed E-state index contributed by atoms with van der Waals surface area (Å²) < 4.78 is 28.4. The van der Waals surface area contributed by atoms with Crippen LogP contribution in [0, 0.1) is 0 Å². The van der Waals surface area contributed by atoms with Crippen LogP contribution in [0.4, 0.5) is 0 Å². The molecule has 0 radical (unpaired) electrons. The summed E-state index contributed by atoms with van der Waals surface area (Å²) in [5.74, 6) is 0. The SMILES string of the molecule is CC1(OCCNCc2ccc(S(C)(=O)=O)cc2)CNC1. The number of rotatable bonds is 7. The molecule has 0 atom stereocenters. The predicted octanol–water partition coefficient (Wildman–Crippen LogP) is 0.558. The van der Waals surface area contributed by atoms with Gasteiger partial charge in [-0.1, -0.05) is 12.1 Å². The highest BCUT2D eigenvalue weighted by molar-refractivity contribution is 7.90. The van der Waals surface area contributed by atoms with Crippen LogP contribution >= 0.6 is 0 Å². The first-order valence-corrected chi connectivity index (χ1v) is 8.63. The minimum atomic E-state index is -3.11. The van der Waals surface area contributed by atoms with Crippen molar-refractivity contribution in [3.63, 3.8) is 0 Å². The normalized spacial score (nSPS) is 17.7. The largest absolute Gasteiger partial charge is 0.371 e. The maximum Gasteiger partial charge on any atom is 0.175 e. The molecule has 1 aromatic rings. The van der Waals surface area contributed by atoms with Crippen molar-refractivity contribution in [1.82, 2.24) is 10.6 Å². The maximum atomic E-state index is 11.3. The Labute approximate surface area is 120 Å². The maximum absolute atomic E-state index is 11.3. The van der Waals surface area contributed by atoms with Gasteiger partial charge in [0, 0.05) is 32.4 Å². The Morgan fingerprint density at radius 3 is 2.45 bits per heavy atom. The summed E-state index contributed by atoms with van der Waals surface area (Å²) in [6, 6.07) is 6.95. The molecule has 5 nitrogen and oxygen atoms in total. The fraction of sp³-hybridized carbons (Fsp3) is 0.571. The van der Waals surface area contributed by atoms with Gasteiger partial charge in [-0.05, 0) is 24.6 Å². The topological polar surface area (TPSA) is 67.4 Å². The van der Waals surface area contributed by atoms with Gasteiger partial charge in [-0.25, -0.2) is 8.42 Å². The molecule has 1 saturated heterocycles. The molecule has 112 valence electrons. The van der Waals surface area contributed by atoms with Crippen molar-refractivity contribution in [3.05, 3.63) is 29.8 Å². The van der Waals surface area contributed by atoms with E-state index < -0.39 is 9.84 Å². The standard InChI is InChI=1S/C14H22N2O3S/c1-14(10-16-11-14)19-8-7-15-9-12-3-5-13(6-4-12)20(2,17)18/h3-6,15-16H,7-11H2,1-2H3. The van der Waals surface area contributed by atoms with Crippen molar-refractivity contribution in [1.29, 1.82) is 0 Å². The van der Waals surface area contributed by atoms with Crippen LogP contribution in [-0.2, 0) is 21.1 Å². The molecule has 0 saturated carbocycles. The fourth-order valence-electron chi connectivity index (χ4n) is 2.04. The van der Waals surface area contributed by atoms with Crippen LogP contribution < -0.4 is 10.6 Å². The van der Waals surface area contributed by atoms with Gasteiger partial charge in [-0.2, -0.15) is 0 Å². The van der Waals surface area contributed by atoms with Gasteiger partial charge in [-0.3, -0.25) is 0 Å². The lowest BCUT2D eigenvalue weighted by Crippen LogP contribution is -2.59. The van der Waals surface area contributed by atoms with E-state index >= 15 is 0 Å². The van der Waals surface area contributed by atoms with Crippen LogP contribution in [-0.4, -0.2) is 46.5 Å². The molecule has 2 rings (SSSR count). The van der Waals surface area contributed by atoms with Gasteiger partial charge < -0.3 is 15.4 Å². The molecule has 1 heterocycles. The number of hydrogen-bond acceptors (Lipinski definition) is 5. The second-order valence-electron chi connectivity index (χ2n) is 5.49. The van der Waals surface area contributed by atoms with Gasteiger partial charge in [0.2, 0.25) is 0 Å². The highest BCUT2D eigenvalue weighted by Crippen LogP contribution is 2.14. The van der Waals surface area contributed by atoms with E-state index in [4.69, 9.17) is 4.74 Å². The van der Waals surface area contributed by atoms with Gasteiger partial charge in [0.25, 0.3) is 0 Å². The van der Waals surface area contributed by atoms with Crippen molar-refractivity contribution in [2.75, 3.05) is 32.5 Å². The van der Waals surface area contributed by atoms with E-state index in [0.29, 0.717) is 18.0 Å². The zero-order valence-electron chi connectivity index (χ0n) is 12.0. The van der Waals surface area contributed by atoms with Gasteiger partial charge in [0.05, 0.1) is 17.1 Å². The highest BCUT2D eigenvalue weighted by atomic mass is 32.2. The summed E-state index contributed by atoms with van der Waals surface area (Å²) in [7, 11) is -3.11. The van der Waals surface area contributed by atoms with Gasteiger partial charge in [-0.15, -0.1) is 0 Å². The van der Waals surface area contributed by atoms with Crippen molar-refractivity contribution < 1.29 is 13.2 Å². The lowest BCUT2D eigenvalue weighted by atomic mass is 10.0. The quantitative estimate of drug-likeness (QED) is 0.720. The second kappa shape index (κ2) is 6.22. The molecular formula is C14H22N2O3S. The third-order valence-electron chi connectivity index (χ3n) is 3.41.